The van der Waals surface area contributed by atoms with Crippen molar-refractivity contribution in [3.63, 3.8) is 0 Å². The third kappa shape index (κ3) is 33.6. The van der Waals surface area contributed by atoms with Gasteiger partial charge in [0.2, 0.25) is 0 Å². The van der Waals surface area contributed by atoms with Gasteiger partial charge >= 0.3 is 83.6 Å². The zero-order chi connectivity index (χ0) is 68.2. The molecule has 0 aliphatic heterocycles. The van der Waals surface area contributed by atoms with Crippen LogP contribution in [-0.4, -0.2) is 184 Å². The maximum atomic E-state index is 12.5. The molecule has 0 aliphatic carbocycles. The SMILES string of the molecule is O=C(COC(=O)COC(=O)c1ccccc1O)OCCOC(=O)COC(=O)COC(=O)c1ccccc1O.O=C(COC(=O)COC(=O)c1ccccc1OC(=O)CCCCCBr)OCCOC(=O)COC(=O)COC(=O)c1ccccc1OC(=O)CCCCCCBr. The molecular formula is C61H64Br2O30. The lowest BCUT2D eigenvalue weighted by Crippen LogP contribution is -2.24. The van der Waals surface area contributed by atoms with E-state index in [0.29, 0.717) is 12.8 Å². The fourth-order valence-corrected chi connectivity index (χ4v) is 7.46. The molecule has 4 aromatic carbocycles. The van der Waals surface area contributed by atoms with Crippen molar-refractivity contribution in [1.82, 2.24) is 0 Å². The summed E-state index contributed by atoms with van der Waals surface area (Å²) in [4.78, 5) is 167. The van der Waals surface area contributed by atoms with Crippen molar-refractivity contribution >= 4 is 115 Å². The van der Waals surface area contributed by atoms with Gasteiger partial charge in [0.1, 0.15) is 71.7 Å². The highest BCUT2D eigenvalue weighted by Crippen LogP contribution is 2.23. The first-order valence-corrected chi connectivity index (χ1v) is 30.2. The number of para-hydroxylation sites is 4. The number of phenols is 2. The molecule has 0 unspecified atom stereocenters. The van der Waals surface area contributed by atoms with E-state index >= 15 is 0 Å². The summed E-state index contributed by atoms with van der Waals surface area (Å²) < 4.78 is 67.2. The monoisotopic (exact) mass is 1430 g/mol. The van der Waals surface area contributed by atoms with Crippen molar-refractivity contribution in [3.05, 3.63) is 119 Å². The second-order valence-corrected chi connectivity index (χ2v) is 19.7. The fourth-order valence-electron chi connectivity index (χ4n) is 6.67. The molecule has 0 fully saturated rings. The number of hydrogen-bond donors (Lipinski definition) is 2. The largest absolute Gasteiger partial charge is 0.507 e. The van der Waals surface area contributed by atoms with Gasteiger partial charge in [-0.3, -0.25) is 9.59 Å². The van der Waals surface area contributed by atoms with Gasteiger partial charge in [-0.05, 0) is 74.2 Å². The molecule has 0 spiro atoms. The molecule has 0 aliphatic rings. The molecule has 2 N–H and O–H groups in total. The van der Waals surface area contributed by atoms with E-state index < -0.39 is 163 Å². The van der Waals surface area contributed by atoms with E-state index in [1.165, 1.54) is 84.9 Å². The van der Waals surface area contributed by atoms with Crippen LogP contribution in [0.25, 0.3) is 0 Å². The van der Waals surface area contributed by atoms with E-state index in [1.807, 2.05) is 0 Å². The summed E-state index contributed by atoms with van der Waals surface area (Å²) in [6, 6.07) is 22.7. The minimum atomic E-state index is -1.07. The van der Waals surface area contributed by atoms with E-state index in [9.17, 15) is 77.3 Å². The van der Waals surface area contributed by atoms with Crippen molar-refractivity contribution < 1.29 is 144 Å². The number of unbranched alkanes of at least 4 members (excludes halogenated alkanes) is 5. The summed E-state index contributed by atoms with van der Waals surface area (Å²) in [6.07, 6.45) is 6.15. The van der Waals surface area contributed by atoms with Crippen molar-refractivity contribution in [2.24, 2.45) is 0 Å². The molecule has 0 bridgehead atoms. The molecule has 0 heterocycles. The number of benzene rings is 4. The predicted molar refractivity (Wildman–Crippen MR) is 318 cm³/mol. The van der Waals surface area contributed by atoms with Crippen molar-refractivity contribution in [3.8, 4) is 23.0 Å². The number of carbonyl (C=O) groups is 14. The molecule has 502 valence electrons. The van der Waals surface area contributed by atoms with Crippen LogP contribution in [0.2, 0.25) is 0 Å². The normalized spacial score (nSPS) is 10.2. The molecule has 0 radical (unpaired) electrons. The smallest absolute Gasteiger partial charge is 0.344 e. The van der Waals surface area contributed by atoms with Gasteiger partial charge in [0, 0.05) is 23.5 Å². The Bertz CT molecular complexity index is 3090. The average molecular weight is 1440 g/mol. The number of phenolic OH excluding ortho intramolecular Hbond substituents is 2. The number of ether oxygens (including phenoxy) is 14. The van der Waals surface area contributed by atoms with Gasteiger partial charge in [0.05, 0.1) is 0 Å². The van der Waals surface area contributed by atoms with E-state index in [4.69, 9.17) is 37.9 Å². The highest BCUT2D eigenvalue weighted by atomic mass is 79.9. The van der Waals surface area contributed by atoms with E-state index in [1.54, 1.807) is 12.1 Å². The summed E-state index contributed by atoms with van der Waals surface area (Å²) in [5.41, 5.74) is -0.482. The summed E-state index contributed by atoms with van der Waals surface area (Å²) in [7, 11) is 0. The zero-order valence-corrected chi connectivity index (χ0v) is 52.8. The molecule has 0 amide bonds. The maximum absolute atomic E-state index is 12.5. The third-order valence-corrected chi connectivity index (χ3v) is 12.2. The van der Waals surface area contributed by atoms with Crippen molar-refractivity contribution in [1.29, 1.82) is 0 Å². The van der Waals surface area contributed by atoms with Crippen LogP contribution in [0.1, 0.15) is 99.2 Å². The molecule has 4 aromatic rings. The molecule has 4 rings (SSSR count). The molecule has 0 aromatic heterocycles. The minimum Gasteiger partial charge on any atom is -0.507 e. The molecular weight excluding hydrogens is 1370 g/mol. The van der Waals surface area contributed by atoms with Crippen LogP contribution in [0.4, 0.5) is 0 Å². The van der Waals surface area contributed by atoms with Crippen LogP contribution in [0.3, 0.4) is 0 Å². The Morgan fingerprint density at radius 1 is 0.269 bits per heavy atom. The van der Waals surface area contributed by atoms with E-state index in [2.05, 4.69) is 60.3 Å². The summed E-state index contributed by atoms with van der Waals surface area (Å²) >= 11 is 6.67. The van der Waals surface area contributed by atoms with Crippen LogP contribution in [0, 0.1) is 0 Å². The van der Waals surface area contributed by atoms with Crippen LogP contribution in [0.15, 0.2) is 97.1 Å². The number of rotatable bonds is 39. The van der Waals surface area contributed by atoms with Gasteiger partial charge in [-0.15, -0.1) is 0 Å². The lowest BCUT2D eigenvalue weighted by Gasteiger charge is -2.10. The van der Waals surface area contributed by atoms with Gasteiger partial charge in [-0.1, -0.05) is 99.7 Å². The number of halogens is 2. The standard InChI is InChI=1S/C37H42Br2O16.C24H22O14/c38-18-10-2-1-4-16-30(40)54-28-14-8-6-12-26(28)36(46)52-24-34(44)50-22-32(42)48-20-21-49-33(43)23-51-35(45)25-53-37(47)27-13-7-9-15-29(27)55-31(41)17-5-3-11-19-39;25-17-7-3-1-5-15(17)23(31)37-13-21(29)35-11-19(27)33-9-10-34-20(28)12-36-22(30)14-38-24(32)16-6-2-4-8-18(16)26/h6-9,12-15H,1-5,10-11,16-25H2;1-8,25-26H,9-14H2. The Kier molecular flexibility index (Phi) is 37.6. The van der Waals surface area contributed by atoms with Gasteiger partial charge in [0.25, 0.3) is 0 Å². The first-order valence-electron chi connectivity index (χ1n) is 27.9. The van der Waals surface area contributed by atoms with Gasteiger partial charge in [-0.2, -0.15) is 0 Å². The number of aromatic hydroxyl groups is 2. The predicted octanol–water partition coefficient (Wildman–Crippen LogP) is 5.27. The van der Waals surface area contributed by atoms with Crippen molar-refractivity contribution in [2.75, 3.05) is 89.9 Å². The molecule has 93 heavy (non-hydrogen) atoms. The number of alkyl halides is 2. The van der Waals surface area contributed by atoms with Crippen LogP contribution in [0.5, 0.6) is 23.0 Å². The van der Waals surface area contributed by atoms with E-state index in [0.717, 1.165) is 42.8 Å². The highest BCUT2D eigenvalue weighted by Gasteiger charge is 2.23. The average Bonchev–Trinajstić information content (AvgIpc) is 2.39. The molecule has 32 heteroatoms. The number of esters is 14. The number of hydrogen-bond acceptors (Lipinski definition) is 30. The lowest BCUT2D eigenvalue weighted by atomic mass is 10.1. The quantitative estimate of drug-likeness (QED) is 0.0189. The van der Waals surface area contributed by atoms with Crippen LogP contribution < -0.4 is 9.47 Å². The number of carbonyl (C=O) groups excluding carboxylic acids is 14. The lowest BCUT2D eigenvalue weighted by molar-refractivity contribution is -0.165. The molecule has 0 saturated heterocycles. The highest BCUT2D eigenvalue weighted by molar-refractivity contribution is 9.09. The van der Waals surface area contributed by atoms with Crippen LogP contribution in [-0.2, 0) is 105 Å². The molecule has 30 nitrogen and oxygen atoms in total. The maximum Gasteiger partial charge on any atom is 0.344 e. The molecule has 0 saturated carbocycles. The zero-order valence-electron chi connectivity index (χ0n) is 49.6. The van der Waals surface area contributed by atoms with Crippen molar-refractivity contribution in [2.45, 2.75) is 57.8 Å². The summed E-state index contributed by atoms with van der Waals surface area (Å²) in [5, 5.41) is 20.8. The minimum absolute atomic E-state index is 0.0270. The second kappa shape index (κ2) is 45.3. The fraction of sp³-hybridized carbons (Fsp3) is 0.377. The Labute approximate surface area is 546 Å². The Balaban J connectivity index is 0.000000518. The Morgan fingerprint density at radius 2 is 0.505 bits per heavy atom. The van der Waals surface area contributed by atoms with E-state index in [-0.39, 0.29) is 58.1 Å². The van der Waals surface area contributed by atoms with Gasteiger partial charge < -0.3 is 76.5 Å². The Hall–Kier alpha value is -9.98. The topological polar surface area (TPSA) is 409 Å². The first kappa shape index (κ1) is 77.3. The third-order valence-electron chi connectivity index (χ3n) is 11.1. The second-order valence-electron chi connectivity index (χ2n) is 18.2. The summed E-state index contributed by atoms with van der Waals surface area (Å²) in [6.45, 7) is -8.30. The first-order chi connectivity index (χ1) is 44.7. The Morgan fingerprint density at radius 3 is 0.806 bits per heavy atom. The van der Waals surface area contributed by atoms with Crippen LogP contribution >= 0.6 is 31.9 Å². The van der Waals surface area contributed by atoms with Gasteiger partial charge in [-0.25, -0.2) is 57.5 Å². The molecule has 0 atom stereocenters. The van der Waals surface area contributed by atoms with Gasteiger partial charge in [0.15, 0.2) is 52.9 Å². The summed E-state index contributed by atoms with van der Waals surface area (Å²) in [5.74, 6) is -13.8.